The average Bonchev–Trinajstić information content (AvgIpc) is 2.91. The van der Waals surface area contributed by atoms with E-state index in [0.717, 1.165) is 11.1 Å². The monoisotopic (exact) mass is 386 g/mol. The molecular weight excluding hydrogens is 360 g/mol. The summed E-state index contributed by atoms with van der Waals surface area (Å²) in [4.78, 5) is 40.0. The summed E-state index contributed by atoms with van der Waals surface area (Å²) in [5.74, 6) is -1.36. The molecule has 0 atom stereocenters. The minimum absolute atomic E-state index is 0.259. The smallest absolute Gasteiger partial charge is 0.340 e. The molecule has 0 saturated heterocycles. The van der Waals surface area contributed by atoms with E-state index in [9.17, 15) is 14.4 Å². The molecule has 0 aliphatic rings. The van der Waals surface area contributed by atoms with Crippen LogP contribution < -0.4 is 5.32 Å². The number of carbonyl (C=O) groups excluding carboxylic acids is 3. The van der Waals surface area contributed by atoms with Crippen LogP contribution in [-0.2, 0) is 9.47 Å². The Kier molecular flexibility index (Phi) is 6.28. The molecule has 7 nitrogen and oxygen atoms in total. The first-order chi connectivity index (χ1) is 13.1. The first-order valence-electron chi connectivity index (χ1n) is 8.97. The Labute approximate surface area is 164 Å². The first kappa shape index (κ1) is 21.2. The average molecular weight is 386 g/mol. The van der Waals surface area contributed by atoms with E-state index < -0.39 is 17.8 Å². The molecule has 1 heterocycles. The van der Waals surface area contributed by atoms with Crippen LogP contribution in [0.15, 0.2) is 12.1 Å². The molecule has 0 radical (unpaired) electrons. The number of aryl methyl sites for hydroxylation is 2. The molecule has 150 valence electrons. The van der Waals surface area contributed by atoms with Crippen molar-refractivity contribution in [3.05, 3.63) is 51.3 Å². The van der Waals surface area contributed by atoms with Gasteiger partial charge >= 0.3 is 11.9 Å². The number of benzene rings is 1. The van der Waals surface area contributed by atoms with Crippen LogP contribution in [-0.4, -0.2) is 36.0 Å². The summed E-state index contributed by atoms with van der Waals surface area (Å²) in [6.45, 7) is 10.6. The van der Waals surface area contributed by atoms with Crippen LogP contribution in [0.25, 0.3) is 0 Å². The highest BCUT2D eigenvalue weighted by Crippen LogP contribution is 2.24. The third-order valence-electron chi connectivity index (χ3n) is 4.54. The number of methoxy groups -OCH3 is 1. The zero-order chi connectivity index (χ0) is 21.2. The van der Waals surface area contributed by atoms with Gasteiger partial charge in [0.25, 0.3) is 5.91 Å². The minimum atomic E-state index is -0.473. The molecule has 1 aromatic heterocycles. The third kappa shape index (κ3) is 4.24. The largest absolute Gasteiger partial charge is 0.465 e. The Morgan fingerprint density at radius 1 is 1.00 bits per heavy atom. The molecule has 0 unspecified atom stereocenters. The Balaban J connectivity index is 2.35. The number of aromatic amines is 1. The standard InChI is InChI=1S/C21H26N2O5/c1-10(2)28-21(26)17-13(5)18(22-14(17)6)19(24)23-15-8-11(3)12(4)16(9-15)20(25)27-7/h8-10,22H,1-7H3,(H,23,24). The van der Waals surface area contributed by atoms with Gasteiger partial charge in [0.05, 0.1) is 24.3 Å². The molecule has 2 rings (SSSR count). The number of anilines is 1. The van der Waals surface area contributed by atoms with Crippen LogP contribution in [0.2, 0.25) is 0 Å². The predicted molar refractivity (Wildman–Crippen MR) is 106 cm³/mol. The van der Waals surface area contributed by atoms with Gasteiger partial charge in [0.15, 0.2) is 0 Å². The number of nitrogens with one attached hydrogen (secondary N) is 2. The lowest BCUT2D eigenvalue weighted by Crippen LogP contribution is -2.16. The maximum absolute atomic E-state index is 12.8. The number of aromatic nitrogens is 1. The van der Waals surface area contributed by atoms with Gasteiger partial charge in [-0.15, -0.1) is 0 Å². The number of carbonyl (C=O) groups is 3. The Morgan fingerprint density at radius 3 is 2.21 bits per heavy atom. The van der Waals surface area contributed by atoms with Crippen molar-refractivity contribution in [3.8, 4) is 0 Å². The fourth-order valence-corrected chi connectivity index (χ4v) is 3.00. The van der Waals surface area contributed by atoms with Gasteiger partial charge in [-0.25, -0.2) is 9.59 Å². The topological polar surface area (TPSA) is 97.5 Å². The zero-order valence-electron chi connectivity index (χ0n) is 17.3. The summed E-state index contributed by atoms with van der Waals surface area (Å²) in [5.41, 5.74) is 4.18. The van der Waals surface area contributed by atoms with Gasteiger partial charge in [0, 0.05) is 11.4 Å². The van der Waals surface area contributed by atoms with Gasteiger partial charge in [0.1, 0.15) is 5.69 Å². The lowest BCUT2D eigenvalue weighted by atomic mass is 10.0. The minimum Gasteiger partial charge on any atom is -0.465 e. The van der Waals surface area contributed by atoms with Crippen LogP contribution in [0.1, 0.15) is 67.4 Å². The van der Waals surface area contributed by atoms with E-state index >= 15 is 0 Å². The van der Waals surface area contributed by atoms with Crippen molar-refractivity contribution >= 4 is 23.5 Å². The second-order valence-corrected chi connectivity index (χ2v) is 6.99. The van der Waals surface area contributed by atoms with Crippen LogP contribution in [0, 0.1) is 27.7 Å². The highest BCUT2D eigenvalue weighted by Gasteiger charge is 2.24. The van der Waals surface area contributed by atoms with Crippen molar-refractivity contribution in [2.24, 2.45) is 0 Å². The van der Waals surface area contributed by atoms with Crippen molar-refractivity contribution < 1.29 is 23.9 Å². The molecule has 2 aromatic rings. The summed E-state index contributed by atoms with van der Waals surface area (Å²) in [6.07, 6.45) is -0.259. The number of hydrogen-bond acceptors (Lipinski definition) is 5. The van der Waals surface area contributed by atoms with Gasteiger partial charge < -0.3 is 19.8 Å². The highest BCUT2D eigenvalue weighted by atomic mass is 16.5. The number of rotatable bonds is 5. The van der Waals surface area contributed by atoms with Crippen molar-refractivity contribution in [1.82, 2.24) is 4.98 Å². The van der Waals surface area contributed by atoms with E-state index in [1.165, 1.54) is 7.11 Å². The predicted octanol–water partition coefficient (Wildman–Crippen LogP) is 3.85. The number of H-pyrrole nitrogens is 1. The molecule has 1 aromatic carbocycles. The molecule has 2 N–H and O–H groups in total. The Hall–Kier alpha value is -3.09. The Bertz CT molecular complexity index is 941. The van der Waals surface area contributed by atoms with Gasteiger partial charge in [0.2, 0.25) is 0 Å². The summed E-state index contributed by atoms with van der Waals surface area (Å²) in [6, 6.07) is 3.35. The van der Waals surface area contributed by atoms with Gasteiger partial charge in [-0.05, 0) is 70.4 Å². The van der Waals surface area contributed by atoms with E-state index in [1.54, 1.807) is 39.8 Å². The second-order valence-electron chi connectivity index (χ2n) is 6.99. The molecule has 0 fully saturated rings. The lowest BCUT2D eigenvalue weighted by molar-refractivity contribution is 0.0376. The van der Waals surface area contributed by atoms with E-state index in [4.69, 9.17) is 9.47 Å². The van der Waals surface area contributed by atoms with Gasteiger partial charge in [-0.2, -0.15) is 0 Å². The molecule has 7 heteroatoms. The molecular formula is C21H26N2O5. The van der Waals surface area contributed by atoms with E-state index in [1.807, 2.05) is 13.8 Å². The summed E-state index contributed by atoms with van der Waals surface area (Å²) >= 11 is 0. The Morgan fingerprint density at radius 2 is 1.64 bits per heavy atom. The fourth-order valence-electron chi connectivity index (χ4n) is 3.00. The van der Waals surface area contributed by atoms with E-state index in [2.05, 4.69) is 10.3 Å². The first-order valence-corrected chi connectivity index (χ1v) is 8.97. The van der Waals surface area contributed by atoms with Crippen LogP contribution >= 0.6 is 0 Å². The summed E-state index contributed by atoms with van der Waals surface area (Å²) < 4.78 is 10.1. The second kappa shape index (κ2) is 8.29. The van der Waals surface area contributed by atoms with Crippen molar-refractivity contribution in [1.29, 1.82) is 0 Å². The van der Waals surface area contributed by atoms with Gasteiger partial charge in [-0.1, -0.05) is 0 Å². The quantitative estimate of drug-likeness (QED) is 0.761. The summed E-state index contributed by atoms with van der Waals surface area (Å²) in [7, 11) is 1.31. The molecule has 28 heavy (non-hydrogen) atoms. The molecule has 0 saturated carbocycles. The number of amides is 1. The maximum Gasteiger partial charge on any atom is 0.340 e. The molecule has 0 aliphatic heterocycles. The normalized spacial score (nSPS) is 10.7. The SMILES string of the molecule is COC(=O)c1cc(NC(=O)c2[nH]c(C)c(C(=O)OC(C)C)c2C)cc(C)c1C. The van der Waals surface area contributed by atoms with Crippen molar-refractivity contribution in [2.75, 3.05) is 12.4 Å². The lowest BCUT2D eigenvalue weighted by Gasteiger charge is -2.12. The molecule has 0 bridgehead atoms. The maximum atomic E-state index is 12.8. The van der Waals surface area contributed by atoms with Crippen LogP contribution in [0.5, 0.6) is 0 Å². The van der Waals surface area contributed by atoms with Crippen molar-refractivity contribution in [3.63, 3.8) is 0 Å². The number of esters is 2. The fraction of sp³-hybridized carbons (Fsp3) is 0.381. The number of ether oxygens (including phenoxy) is 2. The number of hydrogen-bond donors (Lipinski definition) is 2. The third-order valence-corrected chi connectivity index (χ3v) is 4.54. The van der Waals surface area contributed by atoms with Crippen LogP contribution in [0.3, 0.4) is 0 Å². The van der Waals surface area contributed by atoms with Crippen molar-refractivity contribution in [2.45, 2.75) is 47.6 Å². The van der Waals surface area contributed by atoms with E-state index in [0.29, 0.717) is 28.1 Å². The molecule has 1 amide bonds. The van der Waals surface area contributed by atoms with Gasteiger partial charge in [-0.3, -0.25) is 4.79 Å². The summed E-state index contributed by atoms with van der Waals surface area (Å²) in [5, 5.41) is 2.78. The van der Waals surface area contributed by atoms with E-state index in [-0.39, 0.29) is 11.8 Å². The molecule has 0 aliphatic carbocycles. The van der Waals surface area contributed by atoms with Crippen LogP contribution in [0.4, 0.5) is 5.69 Å². The zero-order valence-corrected chi connectivity index (χ0v) is 17.3. The highest BCUT2D eigenvalue weighted by molar-refractivity contribution is 6.07. The molecule has 0 spiro atoms.